The van der Waals surface area contributed by atoms with Crippen LogP contribution in [-0.4, -0.2) is 24.7 Å². The van der Waals surface area contributed by atoms with E-state index < -0.39 is 0 Å². The van der Waals surface area contributed by atoms with Crippen molar-refractivity contribution in [2.24, 2.45) is 0 Å². The molecule has 0 saturated heterocycles. The predicted octanol–water partition coefficient (Wildman–Crippen LogP) is 2.63. The number of benzene rings is 1. The molecule has 1 amide bonds. The van der Waals surface area contributed by atoms with Gasteiger partial charge in [-0.1, -0.05) is 29.8 Å². The lowest BCUT2D eigenvalue weighted by Crippen LogP contribution is -2.12. The maximum atomic E-state index is 11.2. The fraction of sp³-hybridized carbons (Fsp3) is 0.154. The van der Waals surface area contributed by atoms with E-state index in [2.05, 4.69) is 5.32 Å². The smallest absolute Gasteiger partial charge is 0.221 e. The summed E-state index contributed by atoms with van der Waals surface area (Å²) in [6.45, 7) is 0.279. The van der Waals surface area contributed by atoms with Crippen LogP contribution in [0.3, 0.4) is 0 Å². The van der Waals surface area contributed by atoms with Crippen LogP contribution in [0.5, 0.6) is 0 Å². The average molecular weight is 281 g/mol. The van der Waals surface area contributed by atoms with Crippen LogP contribution in [0.2, 0.25) is 5.02 Å². The number of amides is 1. The van der Waals surface area contributed by atoms with Crippen molar-refractivity contribution in [2.75, 3.05) is 23.4 Å². The molecule has 0 radical (unpaired) electrons. The Kier molecular flexibility index (Phi) is 4.43. The SMILES string of the molecule is O=CN(c1ccccc1)c1cc(Cl)c(NCCO)o1. The number of aliphatic hydroxyl groups is 1. The summed E-state index contributed by atoms with van der Waals surface area (Å²) >= 11 is 5.99. The van der Waals surface area contributed by atoms with Gasteiger partial charge in [-0.25, -0.2) is 0 Å². The second-order valence-electron chi connectivity index (χ2n) is 3.72. The molecule has 1 heterocycles. The highest BCUT2D eigenvalue weighted by Crippen LogP contribution is 2.34. The molecule has 100 valence electrons. The van der Waals surface area contributed by atoms with Crippen molar-refractivity contribution in [3.05, 3.63) is 41.4 Å². The van der Waals surface area contributed by atoms with Crippen LogP contribution >= 0.6 is 11.6 Å². The van der Waals surface area contributed by atoms with Gasteiger partial charge in [0.1, 0.15) is 5.02 Å². The van der Waals surface area contributed by atoms with Gasteiger partial charge >= 0.3 is 0 Å². The standard InChI is InChI=1S/C13H13ClN2O3/c14-11-8-12(19-13(11)15-6-7-17)16(9-18)10-4-2-1-3-5-10/h1-5,8-9,15,17H,6-7H2. The first-order valence-corrected chi connectivity index (χ1v) is 6.07. The molecule has 2 N–H and O–H groups in total. The number of nitrogens with zero attached hydrogens (tertiary/aromatic N) is 1. The number of nitrogens with one attached hydrogen (secondary N) is 1. The summed E-state index contributed by atoms with van der Waals surface area (Å²) in [5.41, 5.74) is 0.677. The normalized spacial score (nSPS) is 10.2. The number of furan rings is 1. The Labute approximate surface area is 115 Å². The second-order valence-corrected chi connectivity index (χ2v) is 4.13. The molecule has 1 aromatic heterocycles. The molecule has 0 fully saturated rings. The zero-order valence-corrected chi connectivity index (χ0v) is 10.8. The maximum Gasteiger partial charge on any atom is 0.221 e. The van der Waals surface area contributed by atoms with Crippen molar-refractivity contribution in [3.63, 3.8) is 0 Å². The number of para-hydroxylation sites is 1. The Morgan fingerprint density at radius 3 is 2.74 bits per heavy atom. The van der Waals surface area contributed by atoms with Gasteiger partial charge in [-0.2, -0.15) is 0 Å². The molecule has 2 aromatic rings. The van der Waals surface area contributed by atoms with Gasteiger partial charge in [0, 0.05) is 12.6 Å². The van der Waals surface area contributed by atoms with E-state index in [1.807, 2.05) is 18.2 Å². The lowest BCUT2D eigenvalue weighted by atomic mass is 10.3. The number of aliphatic hydroxyl groups excluding tert-OH is 1. The minimum Gasteiger partial charge on any atom is -0.423 e. The highest BCUT2D eigenvalue weighted by atomic mass is 35.5. The molecule has 0 spiro atoms. The molecule has 5 nitrogen and oxygen atoms in total. The van der Waals surface area contributed by atoms with Gasteiger partial charge in [0.2, 0.25) is 18.2 Å². The molecule has 0 bridgehead atoms. The third-order valence-electron chi connectivity index (χ3n) is 2.45. The Balaban J connectivity index is 2.27. The van der Waals surface area contributed by atoms with Gasteiger partial charge in [0.05, 0.1) is 12.3 Å². The monoisotopic (exact) mass is 280 g/mol. The van der Waals surface area contributed by atoms with E-state index in [-0.39, 0.29) is 6.61 Å². The van der Waals surface area contributed by atoms with Gasteiger partial charge < -0.3 is 14.8 Å². The summed E-state index contributed by atoms with van der Waals surface area (Å²) in [7, 11) is 0. The van der Waals surface area contributed by atoms with Crippen LogP contribution in [-0.2, 0) is 4.79 Å². The van der Waals surface area contributed by atoms with Crippen molar-refractivity contribution in [1.29, 1.82) is 0 Å². The Morgan fingerprint density at radius 2 is 2.11 bits per heavy atom. The molecule has 19 heavy (non-hydrogen) atoms. The summed E-state index contributed by atoms with van der Waals surface area (Å²) in [4.78, 5) is 12.5. The molecular weight excluding hydrogens is 268 g/mol. The van der Waals surface area contributed by atoms with E-state index in [4.69, 9.17) is 21.1 Å². The van der Waals surface area contributed by atoms with Crippen molar-refractivity contribution < 1.29 is 14.3 Å². The van der Waals surface area contributed by atoms with Gasteiger partial charge in [-0.15, -0.1) is 0 Å². The summed E-state index contributed by atoms with van der Waals surface area (Å²) < 4.78 is 5.46. The number of rotatable bonds is 6. The van der Waals surface area contributed by atoms with Gasteiger partial charge in [0.15, 0.2) is 0 Å². The van der Waals surface area contributed by atoms with Gasteiger partial charge in [-0.3, -0.25) is 9.69 Å². The van der Waals surface area contributed by atoms with Crippen molar-refractivity contribution >= 4 is 35.5 Å². The number of carbonyl (C=O) groups excluding carboxylic acids is 1. The van der Waals surface area contributed by atoms with Crippen LogP contribution in [0.4, 0.5) is 17.5 Å². The lowest BCUT2D eigenvalue weighted by molar-refractivity contribution is -0.107. The molecule has 0 aliphatic rings. The molecular formula is C13H13ClN2O3. The van der Waals surface area contributed by atoms with E-state index in [9.17, 15) is 4.79 Å². The second kappa shape index (κ2) is 6.26. The number of hydrogen-bond acceptors (Lipinski definition) is 4. The number of carbonyl (C=O) groups is 1. The van der Waals surface area contributed by atoms with E-state index >= 15 is 0 Å². The average Bonchev–Trinajstić information content (AvgIpc) is 2.79. The van der Waals surface area contributed by atoms with Crippen LogP contribution in [0.1, 0.15) is 0 Å². The fourth-order valence-corrected chi connectivity index (χ4v) is 1.79. The topological polar surface area (TPSA) is 65.7 Å². The predicted molar refractivity (Wildman–Crippen MR) is 73.9 cm³/mol. The Hall–Kier alpha value is -1.98. The van der Waals surface area contributed by atoms with Crippen LogP contribution in [0.25, 0.3) is 0 Å². The quantitative estimate of drug-likeness (QED) is 0.799. The first-order chi connectivity index (χ1) is 9.26. The number of hydrogen-bond donors (Lipinski definition) is 2. The Bertz CT molecular complexity index is 542. The van der Waals surface area contributed by atoms with Crippen LogP contribution in [0, 0.1) is 0 Å². The molecule has 0 saturated carbocycles. The summed E-state index contributed by atoms with van der Waals surface area (Å²) in [5.74, 6) is 0.639. The zero-order chi connectivity index (χ0) is 13.7. The minimum absolute atomic E-state index is 0.0392. The summed E-state index contributed by atoms with van der Waals surface area (Å²) in [6, 6.07) is 10.6. The molecule has 6 heteroatoms. The fourth-order valence-electron chi connectivity index (χ4n) is 1.59. The molecule has 1 aromatic carbocycles. The van der Waals surface area contributed by atoms with Crippen LogP contribution < -0.4 is 10.2 Å². The molecule has 0 unspecified atom stereocenters. The molecule has 2 rings (SSSR count). The van der Waals surface area contributed by atoms with Gasteiger partial charge in [-0.05, 0) is 12.1 Å². The first-order valence-electron chi connectivity index (χ1n) is 5.70. The molecule has 0 aliphatic carbocycles. The molecule has 0 aliphatic heterocycles. The summed E-state index contributed by atoms with van der Waals surface area (Å²) in [6.07, 6.45) is 0.653. The van der Waals surface area contributed by atoms with Crippen molar-refractivity contribution in [3.8, 4) is 0 Å². The minimum atomic E-state index is -0.0392. The van der Waals surface area contributed by atoms with Gasteiger partial charge in [0.25, 0.3) is 0 Å². The highest BCUT2D eigenvalue weighted by molar-refractivity contribution is 6.33. The van der Waals surface area contributed by atoms with E-state index in [0.29, 0.717) is 35.4 Å². The maximum absolute atomic E-state index is 11.2. The van der Waals surface area contributed by atoms with Crippen molar-refractivity contribution in [1.82, 2.24) is 0 Å². The lowest BCUT2D eigenvalue weighted by Gasteiger charge is -2.13. The molecule has 0 atom stereocenters. The number of anilines is 3. The van der Waals surface area contributed by atoms with Crippen LogP contribution in [0.15, 0.2) is 40.8 Å². The van der Waals surface area contributed by atoms with E-state index in [1.54, 1.807) is 18.2 Å². The van der Waals surface area contributed by atoms with Crippen molar-refractivity contribution in [2.45, 2.75) is 0 Å². The third-order valence-corrected chi connectivity index (χ3v) is 2.73. The van der Waals surface area contributed by atoms with E-state index in [1.165, 1.54) is 4.90 Å². The third kappa shape index (κ3) is 3.07. The zero-order valence-electron chi connectivity index (χ0n) is 10.0. The highest BCUT2D eigenvalue weighted by Gasteiger charge is 2.16. The largest absolute Gasteiger partial charge is 0.423 e. The number of halogens is 1. The Morgan fingerprint density at radius 1 is 1.37 bits per heavy atom. The first kappa shape index (κ1) is 13.5. The van der Waals surface area contributed by atoms with E-state index in [0.717, 1.165) is 0 Å². The summed E-state index contributed by atoms with van der Waals surface area (Å²) in [5, 5.41) is 11.9.